The molecule has 0 radical (unpaired) electrons. The second kappa shape index (κ2) is 8.81. The zero-order valence-electron chi connectivity index (χ0n) is 10.5. The van der Waals surface area contributed by atoms with Gasteiger partial charge in [-0.1, -0.05) is 0 Å². The molecule has 0 bridgehead atoms. The van der Waals surface area contributed by atoms with E-state index in [9.17, 15) is 9.59 Å². The average Bonchev–Trinajstić information content (AvgIpc) is 2.24. The monoisotopic (exact) mass is 246 g/mol. The lowest BCUT2D eigenvalue weighted by molar-refractivity contribution is -0.137. The third-order valence-electron chi connectivity index (χ3n) is 2.32. The van der Waals surface area contributed by atoms with Crippen molar-refractivity contribution in [3.8, 4) is 0 Å². The van der Waals surface area contributed by atoms with Gasteiger partial charge in [0.05, 0.1) is 6.61 Å². The van der Waals surface area contributed by atoms with E-state index < -0.39 is 5.97 Å². The summed E-state index contributed by atoms with van der Waals surface area (Å²) in [4.78, 5) is 23.5. The Morgan fingerprint density at radius 3 is 2.41 bits per heavy atom. The SMILES string of the molecule is CC(C)N(CCO)C(=O)NCCCCC(=O)O. The van der Waals surface area contributed by atoms with Crippen LogP contribution in [-0.2, 0) is 4.79 Å². The van der Waals surface area contributed by atoms with Crippen LogP contribution in [0.2, 0.25) is 0 Å². The van der Waals surface area contributed by atoms with E-state index >= 15 is 0 Å². The molecule has 0 unspecified atom stereocenters. The third kappa shape index (κ3) is 7.57. The van der Waals surface area contributed by atoms with Gasteiger partial charge in [0.15, 0.2) is 0 Å². The molecule has 0 saturated carbocycles. The van der Waals surface area contributed by atoms with Crippen LogP contribution >= 0.6 is 0 Å². The van der Waals surface area contributed by atoms with Gasteiger partial charge in [-0.25, -0.2) is 4.79 Å². The molecule has 0 aliphatic carbocycles. The summed E-state index contributed by atoms with van der Waals surface area (Å²) in [5.41, 5.74) is 0. The Bertz CT molecular complexity index is 244. The van der Waals surface area contributed by atoms with E-state index in [-0.39, 0.29) is 25.1 Å². The van der Waals surface area contributed by atoms with E-state index in [4.69, 9.17) is 10.2 Å². The van der Waals surface area contributed by atoms with Crippen molar-refractivity contribution in [1.82, 2.24) is 10.2 Å². The van der Waals surface area contributed by atoms with Crippen molar-refractivity contribution in [3.05, 3.63) is 0 Å². The number of rotatable bonds is 8. The van der Waals surface area contributed by atoms with Crippen LogP contribution in [-0.4, -0.2) is 52.9 Å². The lowest BCUT2D eigenvalue weighted by atomic mass is 10.2. The topological polar surface area (TPSA) is 89.9 Å². The van der Waals surface area contributed by atoms with Gasteiger partial charge in [0.1, 0.15) is 0 Å². The van der Waals surface area contributed by atoms with Gasteiger partial charge in [-0.3, -0.25) is 4.79 Å². The number of carbonyl (C=O) groups excluding carboxylic acids is 1. The lowest BCUT2D eigenvalue weighted by Gasteiger charge is -2.26. The number of carboxylic acids is 1. The van der Waals surface area contributed by atoms with Gasteiger partial charge >= 0.3 is 12.0 Å². The molecule has 0 aliphatic rings. The van der Waals surface area contributed by atoms with Crippen molar-refractivity contribution >= 4 is 12.0 Å². The maximum absolute atomic E-state index is 11.7. The molecule has 0 aromatic rings. The van der Waals surface area contributed by atoms with Crippen LogP contribution in [0.15, 0.2) is 0 Å². The molecule has 100 valence electrons. The molecule has 0 aromatic carbocycles. The number of nitrogens with one attached hydrogen (secondary N) is 1. The molecule has 0 heterocycles. The molecule has 6 heteroatoms. The van der Waals surface area contributed by atoms with Gasteiger partial charge in [0, 0.05) is 25.6 Å². The first-order chi connectivity index (χ1) is 7.99. The van der Waals surface area contributed by atoms with Crippen molar-refractivity contribution in [2.75, 3.05) is 19.7 Å². The van der Waals surface area contributed by atoms with Crippen LogP contribution in [0.1, 0.15) is 33.1 Å². The molecule has 3 N–H and O–H groups in total. The molecule has 6 nitrogen and oxygen atoms in total. The average molecular weight is 246 g/mol. The second-order valence-electron chi connectivity index (χ2n) is 4.09. The highest BCUT2D eigenvalue weighted by molar-refractivity contribution is 5.74. The maximum Gasteiger partial charge on any atom is 0.317 e. The van der Waals surface area contributed by atoms with E-state index in [0.29, 0.717) is 25.9 Å². The number of aliphatic carboxylic acids is 1. The Labute approximate surface area is 102 Å². The number of aliphatic hydroxyl groups is 1. The van der Waals surface area contributed by atoms with Crippen LogP contribution in [0, 0.1) is 0 Å². The normalized spacial score (nSPS) is 10.4. The number of urea groups is 1. The zero-order valence-corrected chi connectivity index (χ0v) is 10.5. The molecule has 0 aromatic heterocycles. The van der Waals surface area contributed by atoms with Crippen LogP contribution in [0.3, 0.4) is 0 Å². The molecule has 0 atom stereocenters. The van der Waals surface area contributed by atoms with Gasteiger partial charge in [-0.2, -0.15) is 0 Å². The van der Waals surface area contributed by atoms with Crippen molar-refractivity contribution in [1.29, 1.82) is 0 Å². The minimum atomic E-state index is -0.819. The number of nitrogens with zero attached hydrogens (tertiary/aromatic N) is 1. The van der Waals surface area contributed by atoms with Gasteiger partial charge in [-0.05, 0) is 26.7 Å². The lowest BCUT2D eigenvalue weighted by Crippen LogP contribution is -2.45. The third-order valence-corrected chi connectivity index (χ3v) is 2.32. The first-order valence-electron chi connectivity index (χ1n) is 5.86. The highest BCUT2D eigenvalue weighted by Crippen LogP contribution is 1.99. The molecule has 2 amide bonds. The summed E-state index contributed by atoms with van der Waals surface area (Å²) in [6, 6.07) is -0.189. The van der Waals surface area contributed by atoms with Crippen LogP contribution in [0.25, 0.3) is 0 Å². The number of carbonyl (C=O) groups is 2. The first kappa shape index (κ1) is 15.7. The number of carboxylic acid groups (broad SMARTS) is 1. The van der Waals surface area contributed by atoms with Crippen LogP contribution < -0.4 is 5.32 Å². The molecule has 0 saturated heterocycles. The number of amides is 2. The minimum absolute atomic E-state index is 0.0289. The molecule has 0 spiro atoms. The number of hydrogen-bond acceptors (Lipinski definition) is 3. The summed E-state index contributed by atoms with van der Waals surface area (Å²) in [7, 11) is 0. The van der Waals surface area contributed by atoms with Crippen LogP contribution in [0.4, 0.5) is 4.79 Å². The van der Waals surface area contributed by atoms with Gasteiger partial charge in [-0.15, -0.1) is 0 Å². The zero-order chi connectivity index (χ0) is 13.3. The Kier molecular flexibility index (Phi) is 8.13. The Morgan fingerprint density at radius 2 is 1.94 bits per heavy atom. The Balaban J connectivity index is 3.78. The van der Waals surface area contributed by atoms with E-state index in [1.165, 1.54) is 4.90 Å². The fourth-order valence-corrected chi connectivity index (χ4v) is 1.40. The second-order valence-corrected chi connectivity index (χ2v) is 4.09. The summed E-state index contributed by atoms with van der Waals surface area (Å²) < 4.78 is 0. The number of aliphatic hydroxyl groups excluding tert-OH is 1. The van der Waals surface area contributed by atoms with E-state index in [1.54, 1.807) is 0 Å². The number of unbranched alkanes of at least 4 members (excludes halogenated alkanes) is 1. The van der Waals surface area contributed by atoms with Crippen LogP contribution in [0.5, 0.6) is 0 Å². The summed E-state index contributed by atoms with van der Waals surface area (Å²) in [6.45, 7) is 4.45. The van der Waals surface area contributed by atoms with Gasteiger partial charge in [0.2, 0.25) is 0 Å². The highest BCUT2D eigenvalue weighted by Gasteiger charge is 2.15. The van der Waals surface area contributed by atoms with E-state index in [1.807, 2.05) is 13.8 Å². The molecule has 17 heavy (non-hydrogen) atoms. The Morgan fingerprint density at radius 1 is 1.29 bits per heavy atom. The summed E-state index contributed by atoms with van der Waals surface area (Å²) in [6.07, 6.45) is 1.32. The minimum Gasteiger partial charge on any atom is -0.481 e. The van der Waals surface area contributed by atoms with Crippen molar-refractivity contribution in [3.63, 3.8) is 0 Å². The van der Waals surface area contributed by atoms with Gasteiger partial charge in [0.25, 0.3) is 0 Å². The van der Waals surface area contributed by atoms with Crippen molar-refractivity contribution < 1.29 is 19.8 Å². The molecule has 0 aliphatic heterocycles. The molecule has 0 rings (SSSR count). The molecule has 0 fully saturated rings. The highest BCUT2D eigenvalue weighted by atomic mass is 16.4. The number of hydrogen-bond donors (Lipinski definition) is 3. The summed E-state index contributed by atoms with van der Waals surface area (Å²) in [5, 5.41) is 20.0. The fourth-order valence-electron chi connectivity index (χ4n) is 1.40. The van der Waals surface area contributed by atoms with Gasteiger partial charge < -0.3 is 20.4 Å². The molecular formula is C11H22N2O4. The van der Waals surface area contributed by atoms with Crippen molar-refractivity contribution in [2.45, 2.75) is 39.2 Å². The maximum atomic E-state index is 11.7. The Hall–Kier alpha value is -1.30. The standard InChI is InChI=1S/C11H22N2O4/c1-9(2)13(7-8-14)11(17)12-6-4-3-5-10(15)16/h9,14H,3-8H2,1-2H3,(H,12,17)(H,15,16). The first-order valence-corrected chi connectivity index (χ1v) is 5.86. The summed E-state index contributed by atoms with van der Waals surface area (Å²) in [5.74, 6) is -0.819. The summed E-state index contributed by atoms with van der Waals surface area (Å²) >= 11 is 0. The largest absolute Gasteiger partial charge is 0.481 e. The predicted octanol–water partition coefficient (Wildman–Crippen LogP) is 0.654. The predicted molar refractivity (Wildman–Crippen MR) is 63.8 cm³/mol. The smallest absolute Gasteiger partial charge is 0.317 e. The van der Waals surface area contributed by atoms with E-state index in [0.717, 1.165) is 0 Å². The van der Waals surface area contributed by atoms with Crippen molar-refractivity contribution in [2.24, 2.45) is 0 Å². The fraction of sp³-hybridized carbons (Fsp3) is 0.818. The molecular weight excluding hydrogens is 224 g/mol. The van der Waals surface area contributed by atoms with E-state index in [2.05, 4.69) is 5.32 Å². The quantitative estimate of drug-likeness (QED) is 0.549.